The van der Waals surface area contributed by atoms with E-state index in [4.69, 9.17) is 9.47 Å². The van der Waals surface area contributed by atoms with Crippen molar-refractivity contribution in [3.05, 3.63) is 30.1 Å². The van der Waals surface area contributed by atoms with Crippen LogP contribution in [0.1, 0.15) is 123 Å². The molecule has 1 aromatic heterocycles. The van der Waals surface area contributed by atoms with E-state index in [0.29, 0.717) is 13.1 Å². The third-order valence-electron chi connectivity index (χ3n) is 7.59. The van der Waals surface area contributed by atoms with E-state index in [0.717, 1.165) is 29.9 Å². The number of pyridine rings is 1. The van der Waals surface area contributed by atoms with E-state index in [2.05, 4.69) is 12.2 Å². The predicted octanol–water partition coefficient (Wildman–Crippen LogP) is 6.49. The van der Waals surface area contributed by atoms with Crippen molar-refractivity contribution in [3.63, 3.8) is 0 Å². The van der Waals surface area contributed by atoms with Crippen LogP contribution in [0.25, 0.3) is 0 Å². The van der Waals surface area contributed by atoms with Crippen LogP contribution in [0, 0.1) is 0 Å². The smallest absolute Gasteiger partial charge is 0.417 e. The van der Waals surface area contributed by atoms with Crippen molar-refractivity contribution in [2.75, 3.05) is 31.3 Å². The topological polar surface area (TPSA) is 123 Å². The van der Waals surface area contributed by atoms with E-state index in [1.54, 1.807) is 12.1 Å². The van der Waals surface area contributed by atoms with E-state index in [9.17, 15) is 22.8 Å². The number of sulfone groups is 1. The summed E-state index contributed by atoms with van der Waals surface area (Å²) >= 11 is 0. The molecule has 0 aliphatic carbocycles. The molecule has 1 heterocycles. The van der Waals surface area contributed by atoms with Crippen molar-refractivity contribution >= 4 is 27.9 Å². The van der Waals surface area contributed by atoms with Crippen molar-refractivity contribution in [1.82, 2.24) is 10.2 Å². The third-order valence-corrected chi connectivity index (χ3v) is 9.17. The molecule has 1 N–H and O–H groups in total. The Balaban J connectivity index is 2.08. The highest BCUT2D eigenvalue weighted by Crippen LogP contribution is 2.13. The van der Waals surface area contributed by atoms with Gasteiger partial charge in [0.15, 0.2) is 16.0 Å². The van der Waals surface area contributed by atoms with Crippen molar-refractivity contribution in [1.29, 1.82) is 0 Å². The van der Waals surface area contributed by atoms with Gasteiger partial charge in [0, 0.05) is 25.6 Å². The fourth-order valence-corrected chi connectivity index (χ4v) is 5.74. The largest absolute Gasteiger partial charge is 0.448 e. The molecule has 44 heavy (non-hydrogen) atoms. The number of hydrogen-bond acceptors (Lipinski definition) is 7. The van der Waals surface area contributed by atoms with Crippen LogP contribution in [0.2, 0.25) is 0 Å². The number of carbonyl (C=O) groups is 3. The Morgan fingerprint density at radius 3 is 1.82 bits per heavy atom. The van der Waals surface area contributed by atoms with Crippen LogP contribution in [0.5, 0.6) is 0 Å². The minimum Gasteiger partial charge on any atom is -0.448 e. The first-order chi connectivity index (χ1) is 21.2. The lowest BCUT2D eigenvalue weighted by Gasteiger charge is -2.17. The summed E-state index contributed by atoms with van der Waals surface area (Å²) in [4.78, 5) is 37.3. The third kappa shape index (κ3) is 19.6. The summed E-state index contributed by atoms with van der Waals surface area (Å²) in [6, 6.07) is 5.46. The maximum atomic E-state index is 12.5. The Kier molecular flexibility index (Phi) is 22.0. The predicted molar refractivity (Wildman–Crippen MR) is 173 cm³/mol. The summed E-state index contributed by atoms with van der Waals surface area (Å²) in [6.07, 6.45) is 19.4. The molecule has 0 saturated carbocycles. The summed E-state index contributed by atoms with van der Waals surface area (Å²) < 4.78 is 36.6. The van der Waals surface area contributed by atoms with Crippen LogP contribution in [-0.4, -0.2) is 62.7 Å². The van der Waals surface area contributed by atoms with Gasteiger partial charge >= 0.3 is 12.2 Å². The molecule has 11 heteroatoms. The number of carbonyl (C=O) groups excluding carboxylic acids is 3. The Morgan fingerprint density at radius 2 is 1.30 bits per heavy atom. The first-order valence-corrected chi connectivity index (χ1v) is 18.6. The van der Waals surface area contributed by atoms with Gasteiger partial charge in [-0.15, -0.1) is 0 Å². The van der Waals surface area contributed by atoms with Crippen molar-refractivity contribution < 1.29 is 36.8 Å². The van der Waals surface area contributed by atoms with Gasteiger partial charge in [0.25, 0.3) is 0 Å². The van der Waals surface area contributed by atoms with Gasteiger partial charge in [-0.05, 0) is 13.3 Å². The van der Waals surface area contributed by atoms with Gasteiger partial charge in [0.2, 0.25) is 11.6 Å². The Hall–Kier alpha value is -2.69. The standard InChI is InChI=1S/C33H57N3O7S/c1-4-6-7-8-9-10-11-12-13-14-15-16-17-18-20-23-34-32(38)42-25-27-44(40,41)28-26-43-33(39)36(30(3)37)29-31-22-19-21-24-35(31)5-2/h19,21-22,24H,4-18,20,23,25-29H2,1-3H3/p+1. The van der Waals surface area contributed by atoms with Gasteiger partial charge in [-0.25, -0.2) is 27.5 Å². The normalized spacial score (nSPS) is 11.2. The molecular formula is C33H58N3O7S+. The number of aryl methyl sites for hydroxylation is 1. The van der Waals surface area contributed by atoms with E-state index in [-0.39, 0.29) is 18.9 Å². The minimum absolute atomic E-state index is 0.0119. The molecule has 1 rings (SSSR count). The van der Waals surface area contributed by atoms with Crippen molar-refractivity contribution in [2.45, 2.75) is 130 Å². The number of hydrogen-bond donors (Lipinski definition) is 1. The number of unbranched alkanes of at least 4 members (excludes halogenated alkanes) is 14. The highest BCUT2D eigenvalue weighted by atomic mass is 32.2. The van der Waals surface area contributed by atoms with E-state index in [1.165, 1.54) is 84.0 Å². The average molecular weight is 641 g/mol. The molecule has 0 atom stereocenters. The average Bonchev–Trinajstić information content (AvgIpc) is 2.99. The SMILES string of the molecule is CCCCCCCCCCCCCCCCCNC(=O)OCCS(=O)(=O)CCOC(=O)N(Cc1cccc[n+]1CC)C(C)=O. The molecule has 0 bridgehead atoms. The Bertz CT molecular complexity index is 1050. The summed E-state index contributed by atoms with van der Waals surface area (Å²) in [6.45, 7) is 5.92. The number of amides is 3. The molecule has 1 aromatic rings. The van der Waals surface area contributed by atoms with Crippen LogP contribution in [0.15, 0.2) is 24.4 Å². The maximum absolute atomic E-state index is 12.5. The maximum Gasteiger partial charge on any atom is 0.417 e. The number of nitrogens with zero attached hydrogens (tertiary/aromatic N) is 2. The molecule has 0 aromatic carbocycles. The lowest BCUT2D eigenvalue weighted by atomic mass is 10.0. The fourth-order valence-electron chi connectivity index (χ4n) is 4.87. The fraction of sp³-hybridized carbons (Fsp3) is 0.758. The second-order valence-electron chi connectivity index (χ2n) is 11.4. The van der Waals surface area contributed by atoms with E-state index >= 15 is 0 Å². The molecule has 0 radical (unpaired) electrons. The number of aromatic nitrogens is 1. The second-order valence-corrected chi connectivity index (χ2v) is 13.7. The molecule has 252 valence electrons. The molecule has 0 fully saturated rings. The number of rotatable bonds is 25. The summed E-state index contributed by atoms with van der Waals surface area (Å²) in [5.74, 6) is -1.32. The van der Waals surface area contributed by atoms with Crippen LogP contribution in [0.4, 0.5) is 9.59 Å². The lowest BCUT2D eigenvalue weighted by molar-refractivity contribution is -0.701. The number of alkyl carbamates (subject to hydrolysis) is 1. The second kappa shape index (κ2) is 24.6. The van der Waals surface area contributed by atoms with Crippen LogP contribution in [-0.2, 0) is 37.2 Å². The van der Waals surface area contributed by atoms with Gasteiger partial charge in [-0.1, -0.05) is 103 Å². The van der Waals surface area contributed by atoms with Crippen LogP contribution < -0.4 is 9.88 Å². The first kappa shape index (κ1) is 39.3. The molecular weight excluding hydrogens is 582 g/mol. The summed E-state index contributed by atoms with van der Waals surface area (Å²) in [5.41, 5.74) is 0.741. The highest BCUT2D eigenvalue weighted by molar-refractivity contribution is 7.91. The lowest BCUT2D eigenvalue weighted by Crippen LogP contribution is -2.43. The van der Waals surface area contributed by atoms with E-state index in [1.807, 2.05) is 23.8 Å². The van der Waals surface area contributed by atoms with Crippen LogP contribution >= 0.6 is 0 Å². The monoisotopic (exact) mass is 640 g/mol. The Morgan fingerprint density at radius 1 is 0.773 bits per heavy atom. The van der Waals surface area contributed by atoms with Gasteiger partial charge in [-0.2, -0.15) is 0 Å². The molecule has 0 aliphatic rings. The van der Waals surface area contributed by atoms with E-state index < -0.39 is 40.3 Å². The summed E-state index contributed by atoms with van der Waals surface area (Å²) in [7, 11) is -3.63. The quantitative estimate of drug-likeness (QED) is 0.0957. The molecule has 0 unspecified atom stereocenters. The molecule has 0 aliphatic heterocycles. The van der Waals surface area contributed by atoms with Gasteiger partial charge in [-0.3, -0.25) is 4.79 Å². The van der Waals surface area contributed by atoms with Crippen molar-refractivity contribution in [3.8, 4) is 0 Å². The van der Waals surface area contributed by atoms with Crippen molar-refractivity contribution in [2.24, 2.45) is 0 Å². The highest BCUT2D eigenvalue weighted by Gasteiger charge is 2.24. The minimum atomic E-state index is -3.63. The van der Waals surface area contributed by atoms with Gasteiger partial charge in [0.05, 0.1) is 11.5 Å². The number of imide groups is 1. The molecule has 0 spiro atoms. The first-order valence-electron chi connectivity index (χ1n) is 16.7. The zero-order chi connectivity index (χ0) is 32.5. The molecule has 10 nitrogen and oxygen atoms in total. The zero-order valence-corrected chi connectivity index (χ0v) is 28.3. The van der Waals surface area contributed by atoms with Crippen LogP contribution in [0.3, 0.4) is 0 Å². The number of ether oxygens (including phenoxy) is 2. The molecule has 0 saturated heterocycles. The Labute approximate surface area is 266 Å². The zero-order valence-electron chi connectivity index (χ0n) is 27.5. The van der Waals surface area contributed by atoms with Gasteiger partial charge in [0.1, 0.15) is 26.3 Å². The summed E-state index contributed by atoms with van der Waals surface area (Å²) in [5, 5.41) is 2.66. The molecule has 3 amide bonds. The van der Waals surface area contributed by atoms with Gasteiger partial charge < -0.3 is 14.8 Å². The number of nitrogens with one attached hydrogen (secondary N) is 1.